The smallest absolute Gasteiger partial charge is 0.201 e. The molecule has 0 aromatic heterocycles. The van der Waals surface area contributed by atoms with Crippen LogP contribution in [-0.2, 0) is 11.2 Å². The zero-order chi connectivity index (χ0) is 21.6. The van der Waals surface area contributed by atoms with Crippen LogP contribution < -0.4 is 4.74 Å². The summed E-state index contributed by atoms with van der Waals surface area (Å²) in [5.41, 5.74) is 1.14. The third kappa shape index (κ3) is 6.68. The Labute approximate surface area is 225 Å². The number of unbranched alkanes of at least 4 members (excludes halogenated alkanes) is 1. The van der Waals surface area contributed by atoms with Crippen LogP contribution in [0, 0.1) is 77.1 Å². The molecular weight excluding hydrogens is 535 g/mol. The van der Waals surface area contributed by atoms with Crippen LogP contribution in [0.15, 0.2) is 11.8 Å². The molecule has 0 atom stereocenters. The summed E-state index contributed by atoms with van der Waals surface area (Å²) >= 11 is 0. The minimum Gasteiger partial charge on any atom is -0.498 e. The molecule has 175 valence electrons. The maximum Gasteiger partial charge on any atom is 0.201 e. The molecule has 4 rings (SSSR count). The SMILES string of the molecule is CCCCOC1=Cc2c(cc(OCC3CCC(C4CC[CH-]CC4)CC3)c(F)c2F)CC1.[Pr]. The number of halogens is 2. The first kappa shape index (κ1) is 26.4. The van der Waals surface area contributed by atoms with E-state index in [0.717, 1.165) is 55.3 Å². The minimum absolute atomic E-state index is 0. The van der Waals surface area contributed by atoms with Crippen molar-refractivity contribution in [2.24, 2.45) is 17.8 Å². The second kappa shape index (κ2) is 13.0. The van der Waals surface area contributed by atoms with E-state index >= 15 is 0 Å². The Hall–Kier alpha value is -0.216. The van der Waals surface area contributed by atoms with Gasteiger partial charge in [0.15, 0.2) is 11.6 Å². The zero-order valence-electron chi connectivity index (χ0n) is 19.5. The van der Waals surface area contributed by atoms with E-state index < -0.39 is 11.6 Å². The van der Waals surface area contributed by atoms with Crippen LogP contribution in [0.3, 0.4) is 0 Å². The molecular formula is C27H37F2O2Pr-. The van der Waals surface area contributed by atoms with E-state index in [4.69, 9.17) is 9.47 Å². The summed E-state index contributed by atoms with van der Waals surface area (Å²) in [6.45, 7) is 3.22. The molecule has 0 aliphatic heterocycles. The van der Waals surface area contributed by atoms with Crippen LogP contribution >= 0.6 is 0 Å². The van der Waals surface area contributed by atoms with Gasteiger partial charge in [0.1, 0.15) is 0 Å². The van der Waals surface area contributed by atoms with Gasteiger partial charge in [-0.25, -0.2) is 4.39 Å². The summed E-state index contributed by atoms with van der Waals surface area (Å²) in [6.07, 6.45) is 17.5. The van der Waals surface area contributed by atoms with Gasteiger partial charge < -0.3 is 15.9 Å². The number of fused-ring (bicyclic) bond motifs is 1. The normalized spacial score (nSPS) is 23.7. The van der Waals surface area contributed by atoms with Crippen molar-refractivity contribution >= 4 is 6.08 Å². The summed E-state index contributed by atoms with van der Waals surface area (Å²) in [5.74, 6) is 1.35. The second-order valence-corrected chi connectivity index (χ2v) is 9.68. The molecule has 0 saturated heterocycles. The third-order valence-electron chi connectivity index (χ3n) is 7.54. The fourth-order valence-electron chi connectivity index (χ4n) is 5.54. The van der Waals surface area contributed by atoms with Crippen LogP contribution in [-0.4, -0.2) is 13.2 Å². The molecule has 0 unspecified atom stereocenters. The topological polar surface area (TPSA) is 18.5 Å². The molecule has 32 heavy (non-hydrogen) atoms. The summed E-state index contributed by atoms with van der Waals surface area (Å²) in [7, 11) is 0. The molecule has 3 aliphatic carbocycles. The van der Waals surface area contributed by atoms with Crippen molar-refractivity contribution in [3.8, 4) is 5.75 Å². The third-order valence-corrected chi connectivity index (χ3v) is 7.54. The Kier molecular flexibility index (Phi) is 10.7. The van der Waals surface area contributed by atoms with E-state index in [2.05, 4.69) is 13.3 Å². The van der Waals surface area contributed by atoms with Crippen molar-refractivity contribution in [2.45, 2.75) is 84.0 Å². The quantitative estimate of drug-likeness (QED) is 0.235. The molecule has 1 aromatic carbocycles. The number of hydrogen-bond acceptors (Lipinski definition) is 2. The van der Waals surface area contributed by atoms with Crippen LogP contribution in [0.4, 0.5) is 8.78 Å². The predicted octanol–water partition coefficient (Wildman–Crippen LogP) is 7.65. The first-order chi connectivity index (χ1) is 15.2. The van der Waals surface area contributed by atoms with Crippen LogP contribution in [0.2, 0.25) is 0 Å². The molecule has 0 spiro atoms. The Morgan fingerprint density at radius 1 is 0.938 bits per heavy atom. The molecule has 0 bridgehead atoms. The summed E-state index contributed by atoms with van der Waals surface area (Å²) in [4.78, 5) is 0. The number of rotatable bonds is 8. The van der Waals surface area contributed by atoms with Gasteiger partial charge in [-0.3, -0.25) is 0 Å². The van der Waals surface area contributed by atoms with Gasteiger partial charge >= 0.3 is 0 Å². The molecule has 5 heteroatoms. The van der Waals surface area contributed by atoms with Gasteiger partial charge in [0, 0.05) is 53.3 Å². The Morgan fingerprint density at radius 2 is 1.66 bits per heavy atom. The van der Waals surface area contributed by atoms with Gasteiger partial charge in [-0.2, -0.15) is 17.2 Å². The molecule has 1 aromatic rings. The average molecular weight is 572 g/mol. The standard InChI is InChI=1S/C27H37F2O2.Pr/c1-2-3-15-30-23-14-13-22-16-25(27(29)26(28)24(22)17-23)31-18-19-9-11-21(12-10-19)20-7-5-4-6-8-20;/h4,16-17,19-21H,2-3,5-15,18H2,1H3;/q-1;. The van der Waals surface area contributed by atoms with E-state index in [-0.39, 0.29) is 47.0 Å². The minimum atomic E-state index is -0.864. The fraction of sp³-hybridized carbons (Fsp3) is 0.667. The molecule has 0 amide bonds. The van der Waals surface area contributed by atoms with Crippen molar-refractivity contribution < 1.29 is 59.5 Å². The second-order valence-electron chi connectivity index (χ2n) is 9.68. The average Bonchev–Trinajstić information content (AvgIpc) is 2.82. The van der Waals surface area contributed by atoms with Gasteiger partial charge in [0.25, 0.3) is 0 Å². The fourth-order valence-corrected chi connectivity index (χ4v) is 5.54. The maximum atomic E-state index is 14.8. The number of allylic oxidation sites excluding steroid dienone is 1. The molecule has 2 saturated carbocycles. The van der Waals surface area contributed by atoms with Gasteiger partial charge in [-0.1, -0.05) is 26.2 Å². The molecule has 2 fully saturated rings. The van der Waals surface area contributed by atoms with Gasteiger partial charge in [0.05, 0.1) is 19.0 Å². The van der Waals surface area contributed by atoms with E-state index in [1.165, 1.54) is 38.5 Å². The Morgan fingerprint density at radius 3 is 2.38 bits per heavy atom. The number of ether oxygens (including phenoxy) is 2. The van der Waals surface area contributed by atoms with Gasteiger partial charge in [-0.05, 0) is 74.0 Å². The molecule has 3 aliphatic rings. The Balaban J connectivity index is 0.00000289. The number of hydrogen-bond donors (Lipinski definition) is 0. The first-order valence-corrected chi connectivity index (χ1v) is 12.4. The van der Waals surface area contributed by atoms with E-state index in [1.54, 1.807) is 12.1 Å². The van der Waals surface area contributed by atoms with E-state index in [1.807, 2.05) is 0 Å². The number of aryl methyl sites for hydroxylation is 1. The summed E-state index contributed by atoms with van der Waals surface area (Å²) < 4.78 is 41.0. The predicted molar refractivity (Wildman–Crippen MR) is 121 cm³/mol. The van der Waals surface area contributed by atoms with Crippen LogP contribution in [0.1, 0.15) is 88.7 Å². The molecule has 2 nitrogen and oxygen atoms in total. The summed E-state index contributed by atoms with van der Waals surface area (Å²) in [6, 6.07) is 1.71. The van der Waals surface area contributed by atoms with Crippen molar-refractivity contribution in [3.63, 3.8) is 0 Å². The van der Waals surface area contributed by atoms with Crippen molar-refractivity contribution in [1.82, 2.24) is 0 Å². The van der Waals surface area contributed by atoms with Crippen LogP contribution in [0.25, 0.3) is 6.08 Å². The van der Waals surface area contributed by atoms with Crippen molar-refractivity contribution in [3.05, 3.63) is 41.0 Å². The van der Waals surface area contributed by atoms with E-state index in [9.17, 15) is 8.78 Å². The monoisotopic (exact) mass is 572 g/mol. The summed E-state index contributed by atoms with van der Waals surface area (Å²) in [5, 5.41) is 0. The van der Waals surface area contributed by atoms with Crippen molar-refractivity contribution in [1.29, 1.82) is 0 Å². The van der Waals surface area contributed by atoms with Gasteiger partial charge in [0.2, 0.25) is 5.82 Å². The van der Waals surface area contributed by atoms with Crippen LogP contribution in [0.5, 0.6) is 5.75 Å². The Bertz CT molecular complexity index is 765. The number of benzene rings is 1. The van der Waals surface area contributed by atoms with E-state index in [0.29, 0.717) is 31.1 Å². The molecule has 0 heterocycles. The maximum absolute atomic E-state index is 14.8. The van der Waals surface area contributed by atoms with Crippen molar-refractivity contribution in [2.75, 3.05) is 13.2 Å². The largest absolute Gasteiger partial charge is 0.498 e. The van der Waals surface area contributed by atoms with Gasteiger partial charge in [-0.15, -0.1) is 0 Å². The molecule has 1 radical (unpaired) electrons. The zero-order valence-corrected chi connectivity index (χ0v) is 23.2. The molecule has 0 N–H and O–H groups in total. The first-order valence-electron chi connectivity index (χ1n) is 12.4.